The lowest BCUT2D eigenvalue weighted by Crippen LogP contribution is -2.56. The van der Waals surface area contributed by atoms with Crippen molar-refractivity contribution in [1.82, 2.24) is 15.5 Å². The molecule has 1 heterocycles. The standard InChI is InChI=1S/C40H47N3O7/c1-40(2,3)50-39(47)42-35(27-16-8-5-9-17-27)36(44)43-23-28(22-34(43)37(45)48-24-26-14-6-4-7-15-26)41-38(46)49-25-33-31-20-12-10-18-29(31)30-19-11-13-21-32(30)33/h4,6-7,10-15,18-21,27-28,33-35H,5,8-9,16-17,22-25H2,1-3H3,(H,41,46)(H,42,47)/t28?,34?,35-/m0/s1. The predicted molar refractivity (Wildman–Crippen MR) is 188 cm³/mol. The highest BCUT2D eigenvalue weighted by Crippen LogP contribution is 2.44. The summed E-state index contributed by atoms with van der Waals surface area (Å²) in [6, 6.07) is 23.1. The van der Waals surface area contributed by atoms with E-state index in [-0.39, 0.29) is 43.9 Å². The van der Waals surface area contributed by atoms with E-state index in [4.69, 9.17) is 14.2 Å². The molecule has 10 nitrogen and oxygen atoms in total. The molecule has 1 saturated carbocycles. The van der Waals surface area contributed by atoms with Crippen molar-refractivity contribution in [1.29, 1.82) is 0 Å². The van der Waals surface area contributed by atoms with Crippen LogP contribution in [0.15, 0.2) is 78.9 Å². The van der Waals surface area contributed by atoms with Crippen molar-refractivity contribution < 1.29 is 33.4 Å². The Bertz CT molecular complexity index is 1640. The van der Waals surface area contributed by atoms with Crippen LogP contribution in [-0.4, -0.2) is 65.8 Å². The Morgan fingerprint density at radius 1 is 0.800 bits per heavy atom. The summed E-state index contributed by atoms with van der Waals surface area (Å²) < 4.78 is 17.0. The molecule has 2 fully saturated rings. The number of nitrogens with one attached hydrogen (secondary N) is 2. The Balaban J connectivity index is 1.17. The maximum Gasteiger partial charge on any atom is 0.408 e. The summed E-state index contributed by atoms with van der Waals surface area (Å²) in [6.45, 7) is 5.55. The number of hydrogen-bond donors (Lipinski definition) is 2. The van der Waals surface area contributed by atoms with Gasteiger partial charge in [0.2, 0.25) is 5.91 Å². The van der Waals surface area contributed by atoms with E-state index in [2.05, 4.69) is 34.9 Å². The zero-order chi connectivity index (χ0) is 35.3. The van der Waals surface area contributed by atoms with Gasteiger partial charge in [-0.2, -0.15) is 0 Å². The second-order valence-corrected chi connectivity index (χ2v) is 14.5. The molecule has 2 aliphatic carbocycles. The summed E-state index contributed by atoms with van der Waals surface area (Å²) in [4.78, 5) is 55.8. The molecule has 0 radical (unpaired) electrons. The normalized spacial score (nSPS) is 19.5. The molecule has 3 amide bonds. The van der Waals surface area contributed by atoms with Crippen LogP contribution in [0.1, 0.15) is 81.9 Å². The van der Waals surface area contributed by atoms with Gasteiger partial charge in [-0.05, 0) is 67.3 Å². The molecule has 0 aromatic heterocycles. The van der Waals surface area contributed by atoms with Gasteiger partial charge in [-0.15, -0.1) is 0 Å². The molecule has 2 unspecified atom stereocenters. The van der Waals surface area contributed by atoms with Gasteiger partial charge < -0.3 is 29.7 Å². The molecule has 1 saturated heterocycles. The van der Waals surface area contributed by atoms with Gasteiger partial charge in [-0.25, -0.2) is 14.4 Å². The van der Waals surface area contributed by atoms with Gasteiger partial charge in [0.05, 0.1) is 6.04 Å². The third-order valence-corrected chi connectivity index (χ3v) is 9.81. The minimum absolute atomic E-state index is 0.0465. The zero-order valence-corrected chi connectivity index (χ0v) is 29.1. The molecular formula is C40H47N3O7. The van der Waals surface area contributed by atoms with E-state index in [0.717, 1.165) is 59.9 Å². The summed E-state index contributed by atoms with van der Waals surface area (Å²) in [7, 11) is 0. The van der Waals surface area contributed by atoms with Gasteiger partial charge >= 0.3 is 18.2 Å². The first-order chi connectivity index (χ1) is 24.1. The van der Waals surface area contributed by atoms with E-state index in [9.17, 15) is 19.2 Å². The van der Waals surface area contributed by atoms with Crippen molar-refractivity contribution in [3.63, 3.8) is 0 Å². The van der Waals surface area contributed by atoms with Gasteiger partial charge in [-0.1, -0.05) is 98.1 Å². The largest absolute Gasteiger partial charge is 0.459 e. The van der Waals surface area contributed by atoms with E-state index in [0.29, 0.717) is 0 Å². The van der Waals surface area contributed by atoms with Crippen LogP contribution in [-0.2, 0) is 30.4 Å². The molecule has 1 aliphatic heterocycles. The number of nitrogens with zero attached hydrogens (tertiary/aromatic N) is 1. The lowest BCUT2D eigenvalue weighted by atomic mass is 9.83. The van der Waals surface area contributed by atoms with E-state index in [1.165, 1.54) is 4.90 Å². The van der Waals surface area contributed by atoms with E-state index < -0.39 is 41.9 Å². The average molecular weight is 682 g/mol. The van der Waals surface area contributed by atoms with Crippen molar-refractivity contribution in [3.05, 3.63) is 95.6 Å². The van der Waals surface area contributed by atoms with Crippen LogP contribution < -0.4 is 10.6 Å². The van der Waals surface area contributed by atoms with Gasteiger partial charge in [0.25, 0.3) is 0 Å². The van der Waals surface area contributed by atoms with Crippen molar-refractivity contribution in [2.75, 3.05) is 13.2 Å². The van der Waals surface area contributed by atoms with Crippen molar-refractivity contribution >= 4 is 24.1 Å². The lowest BCUT2D eigenvalue weighted by Gasteiger charge is -2.34. The second-order valence-electron chi connectivity index (χ2n) is 14.5. The number of fused-ring (bicyclic) bond motifs is 3. The van der Waals surface area contributed by atoms with Gasteiger partial charge in [0, 0.05) is 18.9 Å². The predicted octanol–water partition coefficient (Wildman–Crippen LogP) is 6.71. The number of rotatable bonds is 9. The molecule has 3 atom stereocenters. The fraction of sp³-hybridized carbons (Fsp3) is 0.450. The quantitative estimate of drug-likeness (QED) is 0.190. The highest BCUT2D eigenvalue weighted by atomic mass is 16.6. The fourth-order valence-electron chi connectivity index (χ4n) is 7.50. The number of alkyl carbamates (subject to hydrolysis) is 2. The number of esters is 1. The van der Waals surface area contributed by atoms with Gasteiger partial charge in [0.15, 0.2) is 0 Å². The first-order valence-electron chi connectivity index (χ1n) is 17.7. The smallest absolute Gasteiger partial charge is 0.408 e. The Morgan fingerprint density at radius 2 is 1.42 bits per heavy atom. The molecule has 10 heteroatoms. The summed E-state index contributed by atoms with van der Waals surface area (Å²) >= 11 is 0. The van der Waals surface area contributed by atoms with Gasteiger partial charge in [0.1, 0.15) is 30.9 Å². The number of hydrogen-bond acceptors (Lipinski definition) is 7. The number of ether oxygens (including phenoxy) is 3. The SMILES string of the molecule is CC(C)(C)OC(=O)N[C@H](C(=O)N1CC(NC(=O)OCC2c3ccccc3-c3ccccc32)CC1C(=O)OCc1ccccc1)C1CCCCC1. The van der Waals surface area contributed by atoms with Crippen LogP contribution in [0, 0.1) is 5.92 Å². The van der Waals surface area contributed by atoms with E-state index in [1.54, 1.807) is 20.8 Å². The lowest BCUT2D eigenvalue weighted by molar-refractivity contribution is -0.155. The average Bonchev–Trinajstić information content (AvgIpc) is 3.67. The second kappa shape index (κ2) is 15.4. The topological polar surface area (TPSA) is 123 Å². The highest BCUT2D eigenvalue weighted by Gasteiger charge is 2.45. The molecule has 3 aliphatic rings. The number of carbonyl (C=O) groups excluding carboxylic acids is 4. The van der Waals surface area contributed by atoms with Crippen LogP contribution in [0.5, 0.6) is 0 Å². The number of carbonyl (C=O) groups is 4. The maximum atomic E-state index is 14.4. The van der Waals surface area contributed by atoms with E-state index >= 15 is 0 Å². The summed E-state index contributed by atoms with van der Waals surface area (Å²) in [5.41, 5.74) is 4.53. The van der Waals surface area contributed by atoms with Gasteiger partial charge in [-0.3, -0.25) is 4.79 Å². The Hall–Kier alpha value is -4.86. The van der Waals surface area contributed by atoms with Crippen molar-refractivity contribution in [3.8, 4) is 11.1 Å². The first-order valence-corrected chi connectivity index (χ1v) is 17.7. The molecule has 2 N–H and O–H groups in total. The highest BCUT2D eigenvalue weighted by molar-refractivity contribution is 5.91. The summed E-state index contributed by atoms with van der Waals surface area (Å²) in [6.07, 6.45) is 3.32. The zero-order valence-electron chi connectivity index (χ0n) is 29.1. The number of likely N-dealkylation sites (tertiary alicyclic amines) is 1. The van der Waals surface area contributed by atoms with Crippen molar-refractivity contribution in [2.45, 2.75) is 95.5 Å². The molecule has 0 spiro atoms. The Labute approximate surface area is 293 Å². The monoisotopic (exact) mass is 681 g/mol. The molecule has 6 rings (SSSR count). The minimum Gasteiger partial charge on any atom is -0.459 e. The van der Waals surface area contributed by atoms with Crippen LogP contribution in [0.2, 0.25) is 0 Å². The Kier molecular flexibility index (Phi) is 10.7. The number of amides is 3. The van der Waals surface area contributed by atoms with Crippen LogP contribution in [0.25, 0.3) is 11.1 Å². The molecule has 264 valence electrons. The van der Waals surface area contributed by atoms with Crippen molar-refractivity contribution in [2.24, 2.45) is 5.92 Å². The van der Waals surface area contributed by atoms with Crippen LogP contribution in [0.3, 0.4) is 0 Å². The maximum absolute atomic E-state index is 14.4. The summed E-state index contributed by atoms with van der Waals surface area (Å²) in [5, 5.41) is 5.75. The Morgan fingerprint density at radius 3 is 2.06 bits per heavy atom. The number of benzene rings is 3. The van der Waals surface area contributed by atoms with Crippen LogP contribution in [0.4, 0.5) is 9.59 Å². The summed E-state index contributed by atoms with van der Waals surface area (Å²) in [5.74, 6) is -1.18. The molecule has 3 aromatic rings. The fourth-order valence-corrected chi connectivity index (χ4v) is 7.50. The van der Waals surface area contributed by atoms with Crippen LogP contribution >= 0.6 is 0 Å². The minimum atomic E-state index is -0.961. The third kappa shape index (κ3) is 8.29. The first kappa shape index (κ1) is 35.0. The molecule has 3 aromatic carbocycles. The molecular weight excluding hydrogens is 634 g/mol. The molecule has 50 heavy (non-hydrogen) atoms. The third-order valence-electron chi connectivity index (χ3n) is 9.81. The molecule has 0 bridgehead atoms. The van der Waals surface area contributed by atoms with E-state index in [1.807, 2.05) is 54.6 Å².